The molecule has 0 bridgehead atoms. The Bertz CT molecular complexity index is 734. The van der Waals surface area contributed by atoms with E-state index in [1.807, 2.05) is 0 Å². The van der Waals surface area contributed by atoms with Crippen LogP contribution in [0.15, 0.2) is 45.3 Å². The lowest BCUT2D eigenvalue weighted by atomic mass is 10.1. The highest BCUT2D eigenvalue weighted by Gasteiger charge is 2.17. The molecule has 0 aliphatic carbocycles. The maximum atomic E-state index is 12.3. The Balaban J connectivity index is 2.41. The highest BCUT2D eigenvalue weighted by atomic mass is 79.9. The summed E-state index contributed by atoms with van der Waals surface area (Å²) in [4.78, 5) is 23.5. The fourth-order valence-electron chi connectivity index (χ4n) is 1.68. The smallest absolute Gasteiger partial charge is 0.337 e. The van der Waals surface area contributed by atoms with Crippen LogP contribution in [0.5, 0.6) is 0 Å². The van der Waals surface area contributed by atoms with Crippen molar-refractivity contribution in [1.82, 2.24) is 0 Å². The standard InChI is InChI=1S/C14H8Br2ClNO3/c15-10-5-4-7(17)6-9(10)13(19)18-12-8(14(20)21)2-1-3-11(12)16/h1-6H,(H,18,19)(H,20,21). The molecule has 21 heavy (non-hydrogen) atoms. The third-order valence-electron chi connectivity index (χ3n) is 2.66. The molecule has 0 saturated heterocycles. The van der Waals surface area contributed by atoms with E-state index in [4.69, 9.17) is 16.7 Å². The number of carboxylic acids is 1. The van der Waals surface area contributed by atoms with E-state index in [1.165, 1.54) is 12.1 Å². The number of carbonyl (C=O) groups is 2. The second-order valence-electron chi connectivity index (χ2n) is 4.05. The lowest BCUT2D eigenvalue weighted by Gasteiger charge is -2.11. The van der Waals surface area contributed by atoms with E-state index >= 15 is 0 Å². The zero-order valence-electron chi connectivity index (χ0n) is 10.4. The molecule has 0 unspecified atom stereocenters. The molecule has 108 valence electrons. The highest BCUT2D eigenvalue weighted by Crippen LogP contribution is 2.28. The first-order chi connectivity index (χ1) is 9.90. The molecule has 7 heteroatoms. The van der Waals surface area contributed by atoms with Crippen LogP contribution in [0.2, 0.25) is 5.02 Å². The van der Waals surface area contributed by atoms with Crippen LogP contribution in [0.3, 0.4) is 0 Å². The summed E-state index contributed by atoms with van der Waals surface area (Å²) in [5.41, 5.74) is 0.507. The number of nitrogens with one attached hydrogen (secondary N) is 1. The molecule has 0 saturated carbocycles. The van der Waals surface area contributed by atoms with E-state index in [-0.39, 0.29) is 11.3 Å². The van der Waals surface area contributed by atoms with Crippen molar-refractivity contribution < 1.29 is 14.7 Å². The summed E-state index contributed by atoms with van der Waals surface area (Å²) in [5.74, 6) is -1.59. The van der Waals surface area contributed by atoms with Gasteiger partial charge in [-0.3, -0.25) is 4.79 Å². The molecular weight excluding hydrogens is 425 g/mol. The van der Waals surface area contributed by atoms with Gasteiger partial charge in [0.05, 0.1) is 16.8 Å². The fraction of sp³-hybridized carbons (Fsp3) is 0. The van der Waals surface area contributed by atoms with Crippen molar-refractivity contribution in [3.8, 4) is 0 Å². The van der Waals surface area contributed by atoms with Gasteiger partial charge in [-0.15, -0.1) is 0 Å². The molecule has 2 aromatic carbocycles. The fourth-order valence-corrected chi connectivity index (χ4v) is 2.75. The molecule has 0 fully saturated rings. The van der Waals surface area contributed by atoms with Gasteiger partial charge in [0.2, 0.25) is 0 Å². The summed E-state index contributed by atoms with van der Waals surface area (Å²) < 4.78 is 1.04. The van der Waals surface area contributed by atoms with Gasteiger partial charge in [-0.25, -0.2) is 4.79 Å². The van der Waals surface area contributed by atoms with Crippen molar-refractivity contribution in [2.24, 2.45) is 0 Å². The third kappa shape index (κ3) is 3.64. The number of amides is 1. The molecule has 0 heterocycles. The average Bonchev–Trinajstić information content (AvgIpc) is 2.43. The summed E-state index contributed by atoms with van der Waals surface area (Å²) >= 11 is 12.4. The van der Waals surface area contributed by atoms with Crippen molar-refractivity contribution in [2.45, 2.75) is 0 Å². The Hall–Kier alpha value is -1.37. The van der Waals surface area contributed by atoms with Crippen molar-refractivity contribution >= 4 is 61.0 Å². The number of hydrogen-bond acceptors (Lipinski definition) is 2. The van der Waals surface area contributed by atoms with E-state index in [1.54, 1.807) is 24.3 Å². The molecule has 0 aliphatic rings. The lowest BCUT2D eigenvalue weighted by molar-refractivity contribution is 0.0698. The summed E-state index contributed by atoms with van der Waals surface area (Å²) in [5, 5.41) is 12.2. The Kier molecular flexibility index (Phi) is 5.03. The molecule has 0 spiro atoms. The lowest BCUT2D eigenvalue weighted by Crippen LogP contribution is -2.16. The Morgan fingerprint density at radius 3 is 2.43 bits per heavy atom. The van der Waals surface area contributed by atoms with E-state index in [9.17, 15) is 9.59 Å². The van der Waals surface area contributed by atoms with E-state index in [0.29, 0.717) is 19.5 Å². The molecular formula is C14H8Br2ClNO3. The van der Waals surface area contributed by atoms with E-state index in [0.717, 1.165) is 0 Å². The second kappa shape index (κ2) is 6.60. The summed E-state index contributed by atoms with van der Waals surface area (Å²) in [6, 6.07) is 9.43. The van der Waals surface area contributed by atoms with Crippen LogP contribution in [0.25, 0.3) is 0 Å². The number of carbonyl (C=O) groups excluding carboxylic acids is 1. The first-order valence-electron chi connectivity index (χ1n) is 5.68. The molecule has 4 nitrogen and oxygen atoms in total. The van der Waals surface area contributed by atoms with Gasteiger partial charge in [-0.05, 0) is 62.2 Å². The third-order valence-corrected chi connectivity index (χ3v) is 4.24. The minimum atomic E-state index is -1.13. The normalized spacial score (nSPS) is 10.2. The van der Waals surface area contributed by atoms with Gasteiger partial charge in [0.15, 0.2) is 0 Å². The first kappa shape index (κ1) is 16.0. The van der Waals surface area contributed by atoms with Crippen molar-refractivity contribution in [1.29, 1.82) is 0 Å². The van der Waals surface area contributed by atoms with Gasteiger partial charge in [-0.1, -0.05) is 17.7 Å². The van der Waals surface area contributed by atoms with Crippen LogP contribution >= 0.6 is 43.5 Å². The molecule has 2 N–H and O–H groups in total. The number of para-hydroxylation sites is 1. The highest BCUT2D eigenvalue weighted by molar-refractivity contribution is 9.11. The van der Waals surface area contributed by atoms with Gasteiger partial charge in [0.1, 0.15) is 0 Å². The summed E-state index contributed by atoms with van der Waals surface area (Å²) in [6.07, 6.45) is 0. The summed E-state index contributed by atoms with van der Waals surface area (Å²) in [7, 11) is 0. The Morgan fingerprint density at radius 1 is 1.05 bits per heavy atom. The molecule has 0 radical (unpaired) electrons. The van der Waals surface area contributed by atoms with Crippen LogP contribution in [0.4, 0.5) is 5.69 Å². The Labute approximate surface area is 142 Å². The maximum Gasteiger partial charge on any atom is 0.337 e. The van der Waals surface area contributed by atoms with Gasteiger partial charge in [0, 0.05) is 14.0 Å². The SMILES string of the molecule is O=C(Nc1c(Br)cccc1C(=O)O)c1cc(Cl)ccc1Br. The minimum Gasteiger partial charge on any atom is -0.478 e. The number of hydrogen-bond donors (Lipinski definition) is 2. The molecule has 1 amide bonds. The number of benzene rings is 2. The van der Waals surface area contributed by atoms with Crippen LogP contribution in [0.1, 0.15) is 20.7 Å². The number of aromatic carboxylic acids is 1. The minimum absolute atomic E-state index is 0.00382. The van der Waals surface area contributed by atoms with Gasteiger partial charge in [-0.2, -0.15) is 0 Å². The molecule has 2 rings (SSSR count). The van der Waals surface area contributed by atoms with Crippen LogP contribution in [-0.4, -0.2) is 17.0 Å². The van der Waals surface area contributed by atoms with Crippen LogP contribution in [-0.2, 0) is 0 Å². The zero-order valence-corrected chi connectivity index (χ0v) is 14.3. The van der Waals surface area contributed by atoms with Crippen molar-refractivity contribution in [3.63, 3.8) is 0 Å². The predicted molar refractivity (Wildman–Crippen MR) is 88.2 cm³/mol. The molecule has 0 aromatic heterocycles. The van der Waals surface area contributed by atoms with E-state index < -0.39 is 11.9 Å². The monoisotopic (exact) mass is 431 g/mol. The topological polar surface area (TPSA) is 66.4 Å². The summed E-state index contributed by atoms with van der Waals surface area (Å²) in [6.45, 7) is 0. The van der Waals surface area contributed by atoms with Crippen LogP contribution in [0, 0.1) is 0 Å². The number of halogens is 3. The van der Waals surface area contributed by atoms with Crippen LogP contribution < -0.4 is 5.32 Å². The zero-order chi connectivity index (χ0) is 15.6. The predicted octanol–water partition coefficient (Wildman–Crippen LogP) is 4.82. The Morgan fingerprint density at radius 2 is 1.76 bits per heavy atom. The van der Waals surface area contributed by atoms with Crippen molar-refractivity contribution in [3.05, 3.63) is 61.5 Å². The van der Waals surface area contributed by atoms with Crippen molar-refractivity contribution in [2.75, 3.05) is 5.32 Å². The maximum absolute atomic E-state index is 12.3. The largest absolute Gasteiger partial charge is 0.478 e. The number of anilines is 1. The molecule has 2 aromatic rings. The van der Waals surface area contributed by atoms with E-state index in [2.05, 4.69) is 37.2 Å². The number of rotatable bonds is 3. The first-order valence-corrected chi connectivity index (χ1v) is 7.64. The van der Waals surface area contributed by atoms with Gasteiger partial charge in [0.25, 0.3) is 5.91 Å². The molecule has 0 aliphatic heterocycles. The quantitative estimate of drug-likeness (QED) is 0.730. The molecule has 0 atom stereocenters. The average molecular weight is 433 g/mol. The number of carboxylic acid groups (broad SMARTS) is 1. The van der Waals surface area contributed by atoms with Gasteiger partial charge < -0.3 is 10.4 Å². The second-order valence-corrected chi connectivity index (χ2v) is 6.19. The van der Waals surface area contributed by atoms with Gasteiger partial charge >= 0.3 is 5.97 Å².